The summed E-state index contributed by atoms with van der Waals surface area (Å²) in [6.07, 6.45) is 2.21. The monoisotopic (exact) mass is 309 g/mol. The molecule has 1 fully saturated rings. The first-order valence-corrected chi connectivity index (χ1v) is 8.13. The van der Waals surface area contributed by atoms with Crippen LogP contribution in [0.25, 0.3) is 0 Å². The van der Waals surface area contributed by atoms with E-state index in [1.807, 2.05) is 0 Å². The van der Waals surface area contributed by atoms with Crippen LogP contribution in [-0.4, -0.2) is 30.5 Å². The minimum absolute atomic E-state index is 0.142. The molecule has 0 N–H and O–H groups in total. The number of anilines is 1. The van der Waals surface area contributed by atoms with Gasteiger partial charge in [0.2, 0.25) is 10.0 Å². The van der Waals surface area contributed by atoms with Crippen molar-refractivity contribution in [1.29, 1.82) is 0 Å². The number of nitrogens with zero attached hydrogens (tertiary/aromatic N) is 3. The Kier molecular flexibility index (Phi) is 3.24. The molecule has 0 amide bonds. The lowest BCUT2D eigenvalue weighted by Crippen LogP contribution is -2.31. The zero-order valence-corrected chi connectivity index (χ0v) is 12.6. The Balaban J connectivity index is 1.81. The molecule has 1 aliphatic carbocycles. The fourth-order valence-electron chi connectivity index (χ4n) is 2.49. The normalized spacial score (nSPS) is 21.3. The van der Waals surface area contributed by atoms with Crippen molar-refractivity contribution in [3.05, 3.63) is 47.9 Å². The Morgan fingerprint density at radius 2 is 2.14 bits per heavy atom. The quantitative estimate of drug-likeness (QED) is 0.866. The molecule has 0 spiro atoms. The molecule has 0 bridgehead atoms. The molecule has 0 radical (unpaired) electrons. The van der Waals surface area contributed by atoms with Crippen molar-refractivity contribution in [3.8, 4) is 0 Å². The molecule has 112 valence electrons. The summed E-state index contributed by atoms with van der Waals surface area (Å²) < 4.78 is 41.1. The summed E-state index contributed by atoms with van der Waals surface area (Å²) in [5.74, 6) is -0.0899. The summed E-state index contributed by atoms with van der Waals surface area (Å²) >= 11 is 0. The van der Waals surface area contributed by atoms with Gasteiger partial charge in [-0.05, 0) is 24.1 Å². The highest BCUT2D eigenvalue weighted by Gasteiger charge is 2.50. The van der Waals surface area contributed by atoms with Gasteiger partial charge < -0.3 is 0 Å². The highest BCUT2D eigenvalue weighted by atomic mass is 32.2. The van der Waals surface area contributed by atoms with Gasteiger partial charge in [0.15, 0.2) is 5.82 Å². The van der Waals surface area contributed by atoms with Crippen LogP contribution >= 0.6 is 0 Å². The third-order valence-corrected chi connectivity index (χ3v) is 6.03. The van der Waals surface area contributed by atoms with E-state index in [4.69, 9.17) is 0 Å². The average molecular weight is 309 g/mol. The molecule has 1 aliphatic rings. The van der Waals surface area contributed by atoms with Gasteiger partial charge in [-0.2, -0.15) is 5.10 Å². The summed E-state index contributed by atoms with van der Waals surface area (Å²) in [7, 11) is -0.249. The predicted molar refractivity (Wildman–Crippen MR) is 78.1 cm³/mol. The minimum Gasteiger partial charge on any atom is -0.274 e. The summed E-state index contributed by atoms with van der Waals surface area (Å²) in [5.41, 5.74) is 0.734. The number of benzene rings is 1. The van der Waals surface area contributed by atoms with Crippen molar-refractivity contribution >= 4 is 15.8 Å². The third-order valence-electron chi connectivity index (χ3n) is 3.80. The Morgan fingerprint density at radius 1 is 1.38 bits per heavy atom. The highest BCUT2D eigenvalue weighted by Crippen LogP contribution is 2.47. The van der Waals surface area contributed by atoms with Crippen LogP contribution in [0.1, 0.15) is 17.9 Å². The van der Waals surface area contributed by atoms with Crippen LogP contribution in [0.3, 0.4) is 0 Å². The van der Waals surface area contributed by atoms with Crippen LogP contribution in [0.2, 0.25) is 0 Å². The van der Waals surface area contributed by atoms with Crippen LogP contribution in [0.5, 0.6) is 0 Å². The molecular weight excluding hydrogens is 293 g/mol. The Bertz CT molecular complexity index is 772. The van der Waals surface area contributed by atoms with Crippen molar-refractivity contribution in [2.24, 2.45) is 7.05 Å². The number of sulfonamides is 1. The largest absolute Gasteiger partial charge is 0.274 e. The van der Waals surface area contributed by atoms with Gasteiger partial charge in [0.25, 0.3) is 0 Å². The first kappa shape index (κ1) is 14.1. The van der Waals surface area contributed by atoms with Crippen molar-refractivity contribution in [3.63, 3.8) is 0 Å². The maximum absolute atomic E-state index is 13.2. The second-order valence-electron chi connectivity index (χ2n) is 5.30. The summed E-state index contributed by atoms with van der Waals surface area (Å²) in [4.78, 5) is 0. The van der Waals surface area contributed by atoms with Gasteiger partial charge in [0.1, 0.15) is 5.82 Å². The fraction of sp³-hybridized carbons (Fsp3) is 0.357. The number of aromatic nitrogens is 2. The standard InChI is InChI=1S/C14H16FN3O2S/c1-17-7-6-14(16-17)18(2)21(19,20)13-9-12(13)10-4-3-5-11(15)8-10/h3-8,12-13H,9H2,1-2H3. The Morgan fingerprint density at radius 3 is 2.76 bits per heavy atom. The van der Waals surface area contributed by atoms with Gasteiger partial charge in [-0.1, -0.05) is 12.1 Å². The summed E-state index contributed by atoms with van der Waals surface area (Å²) in [6, 6.07) is 7.78. The molecule has 1 heterocycles. The second-order valence-corrected chi connectivity index (χ2v) is 7.48. The molecular formula is C14H16FN3O2S. The molecule has 2 atom stereocenters. The zero-order chi connectivity index (χ0) is 15.2. The number of rotatable bonds is 4. The smallest absolute Gasteiger partial charge is 0.239 e. The number of hydrogen-bond donors (Lipinski definition) is 0. The summed E-state index contributed by atoms with van der Waals surface area (Å²) in [6.45, 7) is 0. The van der Waals surface area contributed by atoms with E-state index in [1.54, 1.807) is 36.1 Å². The highest BCUT2D eigenvalue weighted by molar-refractivity contribution is 7.93. The van der Waals surface area contributed by atoms with E-state index in [0.29, 0.717) is 12.2 Å². The minimum atomic E-state index is -3.48. The van der Waals surface area contributed by atoms with Crippen molar-refractivity contribution in [2.45, 2.75) is 17.6 Å². The predicted octanol–water partition coefficient (Wildman–Crippen LogP) is 1.88. The average Bonchev–Trinajstić information content (AvgIpc) is 3.15. The van der Waals surface area contributed by atoms with E-state index in [0.717, 1.165) is 5.56 Å². The maximum atomic E-state index is 13.2. The molecule has 5 nitrogen and oxygen atoms in total. The van der Waals surface area contributed by atoms with Crippen molar-refractivity contribution < 1.29 is 12.8 Å². The number of halogens is 1. The first-order valence-electron chi connectivity index (χ1n) is 6.62. The van der Waals surface area contributed by atoms with Crippen molar-refractivity contribution in [2.75, 3.05) is 11.4 Å². The van der Waals surface area contributed by atoms with E-state index >= 15 is 0 Å². The van der Waals surface area contributed by atoms with Gasteiger partial charge >= 0.3 is 0 Å². The van der Waals surface area contributed by atoms with E-state index in [-0.39, 0.29) is 11.7 Å². The summed E-state index contributed by atoms with van der Waals surface area (Å²) in [5, 5.41) is 3.59. The van der Waals surface area contributed by atoms with Gasteiger partial charge in [0.05, 0.1) is 5.25 Å². The molecule has 1 aromatic carbocycles. The third kappa shape index (κ3) is 2.53. The molecule has 1 saturated carbocycles. The number of aryl methyl sites for hydroxylation is 1. The van der Waals surface area contributed by atoms with E-state index in [2.05, 4.69) is 5.10 Å². The molecule has 3 rings (SSSR count). The van der Waals surface area contributed by atoms with Crippen LogP contribution in [0.15, 0.2) is 36.5 Å². The van der Waals surface area contributed by atoms with E-state index in [1.165, 1.54) is 23.5 Å². The molecule has 1 aromatic heterocycles. The lowest BCUT2D eigenvalue weighted by Gasteiger charge is -2.16. The second kappa shape index (κ2) is 4.84. The number of hydrogen-bond acceptors (Lipinski definition) is 3. The molecule has 21 heavy (non-hydrogen) atoms. The van der Waals surface area contributed by atoms with Gasteiger partial charge in [-0.15, -0.1) is 0 Å². The molecule has 0 aliphatic heterocycles. The van der Waals surface area contributed by atoms with Crippen molar-refractivity contribution in [1.82, 2.24) is 9.78 Å². The van der Waals surface area contributed by atoms with E-state index < -0.39 is 15.3 Å². The first-order chi connectivity index (χ1) is 9.89. The van der Waals surface area contributed by atoms with Crippen LogP contribution in [-0.2, 0) is 17.1 Å². The van der Waals surface area contributed by atoms with Crippen LogP contribution < -0.4 is 4.31 Å². The maximum Gasteiger partial charge on any atom is 0.239 e. The van der Waals surface area contributed by atoms with Crippen LogP contribution in [0.4, 0.5) is 10.2 Å². The molecule has 2 unspecified atom stereocenters. The zero-order valence-electron chi connectivity index (χ0n) is 11.8. The van der Waals surface area contributed by atoms with Crippen LogP contribution in [0, 0.1) is 5.82 Å². The Hall–Kier alpha value is -1.89. The fourth-order valence-corrected chi connectivity index (χ4v) is 4.28. The molecule has 0 saturated heterocycles. The molecule has 2 aromatic rings. The Labute approximate surface area is 123 Å². The van der Waals surface area contributed by atoms with E-state index in [9.17, 15) is 12.8 Å². The SMILES string of the molecule is CN(c1ccn(C)n1)S(=O)(=O)C1CC1c1cccc(F)c1. The lowest BCUT2D eigenvalue weighted by molar-refractivity contribution is 0.591. The topological polar surface area (TPSA) is 55.2 Å². The lowest BCUT2D eigenvalue weighted by atomic mass is 10.1. The van der Waals surface area contributed by atoms with Gasteiger partial charge in [0, 0.05) is 32.3 Å². The molecule has 7 heteroatoms. The van der Waals surface area contributed by atoms with Gasteiger partial charge in [-0.3, -0.25) is 8.99 Å². The van der Waals surface area contributed by atoms with Gasteiger partial charge in [-0.25, -0.2) is 12.8 Å².